The van der Waals surface area contributed by atoms with Crippen LogP contribution in [-0.4, -0.2) is 33.6 Å². The third kappa shape index (κ3) is 4.26. The number of hydrogen-bond donors (Lipinski definition) is 0. The Morgan fingerprint density at radius 3 is 2.30 bits per heavy atom. The average molecular weight is 493 g/mol. The lowest BCUT2D eigenvalue weighted by Gasteiger charge is -2.39. The molecule has 1 aliphatic heterocycles. The maximum Gasteiger partial charge on any atom is 0.274 e. The smallest absolute Gasteiger partial charge is 0.270 e. The number of aryl methyl sites for hydroxylation is 1. The Kier molecular flexibility index (Phi) is 7.43. The van der Waals surface area contributed by atoms with Gasteiger partial charge in [-0.25, -0.2) is 12.7 Å². The highest BCUT2D eigenvalue weighted by atomic mass is 35.5. The van der Waals surface area contributed by atoms with E-state index in [4.69, 9.17) is 23.2 Å². The number of sulfonamides is 1. The minimum absolute atomic E-state index is 0.0968. The van der Waals surface area contributed by atoms with Crippen molar-refractivity contribution in [2.75, 3.05) is 0 Å². The summed E-state index contributed by atoms with van der Waals surface area (Å²) in [5.41, 5.74) is 0.0787. The highest BCUT2D eigenvalue weighted by molar-refractivity contribution is 8.01. The Morgan fingerprint density at radius 1 is 1.13 bits per heavy atom. The van der Waals surface area contributed by atoms with Crippen molar-refractivity contribution in [1.82, 2.24) is 4.31 Å². The van der Waals surface area contributed by atoms with Gasteiger partial charge in [-0.15, -0.1) is 11.8 Å². The maximum absolute atomic E-state index is 13.6. The lowest BCUT2D eigenvalue weighted by atomic mass is 9.83. The number of unbranched alkanes of at least 4 members (excludes halogenated alkanes) is 1. The Labute approximate surface area is 195 Å². The number of carbonyl (C=O) groups excluding carboxylic acids is 1. The van der Waals surface area contributed by atoms with Gasteiger partial charge < -0.3 is 0 Å². The normalized spacial score (nSPS) is 27.6. The first-order valence-electron chi connectivity index (χ1n) is 10.7. The second-order valence-corrected chi connectivity index (χ2v) is 13.3. The van der Waals surface area contributed by atoms with Gasteiger partial charge in [-0.1, -0.05) is 86.8 Å². The number of amides is 1. The van der Waals surface area contributed by atoms with Gasteiger partial charge >= 0.3 is 0 Å². The van der Waals surface area contributed by atoms with Crippen molar-refractivity contribution in [3.63, 3.8) is 0 Å². The second-order valence-electron chi connectivity index (χ2n) is 8.76. The van der Waals surface area contributed by atoms with E-state index in [-0.39, 0.29) is 4.90 Å². The van der Waals surface area contributed by atoms with Crippen LogP contribution in [0.4, 0.5) is 0 Å². The molecule has 0 unspecified atom stereocenters. The zero-order valence-corrected chi connectivity index (χ0v) is 21.0. The monoisotopic (exact) mass is 491 g/mol. The number of hydrogen-bond acceptors (Lipinski definition) is 4. The van der Waals surface area contributed by atoms with Gasteiger partial charge in [0.2, 0.25) is 4.33 Å². The highest BCUT2D eigenvalue weighted by Gasteiger charge is 2.68. The van der Waals surface area contributed by atoms with Crippen LogP contribution < -0.4 is 0 Å². The molecule has 1 amide bonds. The van der Waals surface area contributed by atoms with Crippen molar-refractivity contribution < 1.29 is 13.2 Å². The first-order chi connectivity index (χ1) is 14.1. The summed E-state index contributed by atoms with van der Waals surface area (Å²) in [5, 5.41) is -0.323. The zero-order chi connectivity index (χ0) is 22.2. The number of rotatable bonds is 7. The third-order valence-corrected chi connectivity index (χ3v) is 11.4. The molecule has 2 fully saturated rings. The Balaban J connectivity index is 2.07. The van der Waals surface area contributed by atoms with Crippen molar-refractivity contribution in [1.29, 1.82) is 0 Å². The average Bonchev–Trinajstić information content (AvgIpc) is 2.86. The van der Waals surface area contributed by atoms with Gasteiger partial charge in [-0.05, 0) is 38.3 Å². The SMILES string of the molecule is CCCC[C@@]1(C)[C@H](SC2CCCCC2)N(S(=O)(=O)c2ccc(C)cc2)C(=O)C1(Cl)Cl. The summed E-state index contributed by atoms with van der Waals surface area (Å²) in [6.45, 7) is 5.84. The van der Waals surface area contributed by atoms with E-state index in [1.807, 2.05) is 13.8 Å². The van der Waals surface area contributed by atoms with Crippen molar-refractivity contribution in [3.05, 3.63) is 29.8 Å². The summed E-state index contributed by atoms with van der Waals surface area (Å²) in [6, 6.07) is 6.57. The highest BCUT2D eigenvalue weighted by Crippen LogP contribution is 2.60. The number of alkyl halides is 2. The fraction of sp³-hybridized carbons (Fsp3) is 0.682. The van der Waals surface area contributed by atoms with Crippen LogP contribution in [0.2, 0.25) is 0 Å². The summed E-state index contributed by atoms with van der Waals surface area (Å²) < 4.78 is 26.5. The molecule has 1 heterocycles. The van der Waals surface area contributed by atoms with Crippen LogP contribution in [-0.2, 0) is 14.8 Å². The molecule has 30 heavy (non-hydrogen) atoms. The first kappa shape index (κ1) is 24.2. The predicted molar refractivity (Wildman–Crippen MR) is 126 cm³/mol. The summed E-state index contributed by atoms with van der Waals surface area (Å²) in [7, 11) is -4.08. The van der Waals surface area contributed by atoms with Gasteiger partial charge in [-0.3, -0.25) is 4.79 Å². The molecule has 0 N–H and O–H groups in total. The van der Waals surface area contributed by atoms with Gasteiger partial charge in [0.25, 0.3) is 15.9 Å². The number of carbonyl (C=O) groups is 1. The summed E-state index contributed by atoms with van der Waals surface area (Å²) in [4.78, 5) is 13.5. The molecule has 168 valence electrons. The van der Waals surface area contributed by atoms with Crippen LogP contribution in [0.5, 0.6) is 0 Å². The molecule has 3 rings (SSSR count). The van der Waals surface area contributed by atoms with Crippen LogP contribution in [0.3, 0.4) is 0 Å². The minimum Gasteiger partial charge on any atom is -0.270 e. The fourth-order valence-corrected chi connectivity index (χ4v) is 8.99. The molecule has 1 saturated heterocycles. The van der Waals surface area contributed by atoms with Gasteiger partial charge in [0, 0.05) is 10.7 Å². The number of halogens is 2. The lowest BCUT2D eigenvalue weighted by Crippen LogP contribution is -2.43. The van der Waals surface area contributed by atoms with Crippen molar-refractivity contribution >= 4 is 50.9 Å². The van der Waals surface area contributed by atoms with E-state index in [2.05, 4.69) is 6.92 Å². The van der Waals surface area contributed by atoms with Gasteiger partial charge in [0.1, 0.15) is 5.37 Å². The number of benzene rings is 1. The van der Waals surface area contributed by atoms with Crippen LogP contribution in [0, 0.1) is 12.3 Å². The Hall–Kier alpha value is -0.430. The van der Waals surface area contributed by atoms with Crippen molar-refractivity contribution in [2.24, 2.45) is 5.41 Å². The molecule has 8 heteroatoms. The van der Waals surface area contributed by atoms with Gasteiger partial charge in [0.05, 0.1) is 4.90 Å². The van der Waals surface area contributed by atoms with E-state index in [9.17, 15) is 13.2 Å². The van der Waals surface area contributed by atoms with E-state index >= 15 is 0 Å². The predicted octanol–water partition coefficient (Wildman–Crippen LogP) is 6.29. The minimum atomic E-state index is -4.08. The Morgan fingerprint density at radius 2 is 1.73 bits per heavy atom. The quantitative estimate of drug-likeness (QED) is 0.420. The van der Waals surface area contributed by atoms with E-state index in [1.165, 1.54) is 6.42 Å². The standard InChI is InChI=1S/C22H31Cl2NO3S2/c1-4-5-15-21(3)20(29-17-9-7-6-8-10-17)25(19(26)22(21,23)24)30(27,28)18-13-11-16(2)12-14-18/h11-14,17,20H,4-10,15H2,1-3H3/t20-,21-/m0/s1. The number of nitrogens with zero attached hydrogens (tertiary/aromatic N) is 1. The van der Waals surface area contributed by atoms with Crippen molar-refractivity contribution in [3.8, 4) is 0 Å². The molecule has 4 nitrogen and oxygen atoms in total. The van der Waals surface area contributed by atoms with Gasteiger partial charge in [0.15, 0.2) is 0 Å². The summed E-state index contributed by atoms with van der Waals surface area (Å²) >= 11 is 14.9. The maximum atomic E-state index is 13.6. The fourth-order valence-electron chi connectivity index (χ4n) is 4.38. The molecule has 2 aliphatic rings. The molecule has 0 radical (unpaired) electrons. The molecule has 1 saturated carbocycles. The molecular weight excluding hydrogens is 461 g/mol. The largest absolute Gasteiger partial charge is 0.274 e. The van der Waals surface area contributed by atoms with E-state index in [0.717, 1.165) is 48.4 Å². The molecule has 1 aromatic rings. The molecule has 0 bridgehead atoms. The number of thioether (sulfide) groups is 1. The lowest BCUT2D eigenvalue weighted by molar-refractivity contribution is -0.124. The second kappa shape index (κ2) is 9.21. The molecular formula is C22H31Cl2NO3S2. The third-order valence-electron chi connectivity index (χ3n) is 6.45. The molecule has 1 aliphatic carbocycles. The Bertz CT molecular complexity index is 867. The molecule has 0 aromatic heterocycles. The van der Waals surface area contributed by atoms with Crippen LogP contribution in [0.15, 0.2) is 29.2 Å². The molecule has 0 spiro atoms. The first-order valence-corrected chi connectivity index (χ1v) is 13.9. The molecule has 1 aromatic carbocycles. The summed E-state index contributed by atoms with van der Waals surface area (Å²) in [6.07, 6.45) is 7.83. The van der Waals surface area contributed by atoms with E-state index in [0.29, 0.717) is 11.7 Å². The summed E-state index contributed by atoms with van der Waals surface area (Å²) in [5.74, 6) is -0.724. The van der Waals surface area contributed by atoms with Crippen LogP contribution >= 0.6 is 35.0 Å². The van der Waals surface area contributed by atoms with Crippen LogP contribution in [0.25, 0.3) is 0 Å². The van der Waals surface area contributed by atoms with E-state index in [1.54, 1.807) is 36.0 Å². The van der Waals surface area contributed by atoms with Gasteiger partial charge in [-0.2, -0.15) is 0 Å². The molecule has 2 atom stereocenters. The van der Waals surface area contributed by atoms with Crippen LogP contribution in [0.1, 0.15) is 70.8 Å². The van der Waals surface area contributed by atoms with Crippen molar-refractivity contribution in [2.45, 2.75) is 92.0 Å². The topological polar surface area (TPSA) is 54.5 Å². The zero-order valence-electron chi connectivity index (χ0n) is 17.9. The van der Waals surface area contributed by atoms with E-state index < -0.39 is 31.1 Å².